The first-order chi connectivity index (χ1) is 6.59. The van der Waals surface area contributed by atoms with Crippen LogP contribution in [0.1, 0.15) is 6.42 Å². The zero-order valence-electron chi connectivity index (χ0n) is 7.48. The fourth-order valence-electron chi connectivity index (χ4n) is 0.978. The van der Waals surface area contributed by atoms with Crippen LogP contribution in [0.3, 0.4) is 0 Å². The molecule has 0 aliphatic heterocycles. The number of rotatable bonds is 4. The monoisotopic (exact) mass is 214 g/mol. The topological polar surface area (TPSA) is 66.6 Å². The van der Waals surface area contributed by atoms with Gasteiger partial charge in [-0.1, -0.05) is 11.6 Å². The molecule has 14 heavy (non-hydrogen) atoms. The van der Waals surface area contributed by atoms with Crippen molar-refractivity contribution in [3.8, 4) is 0 Å². The molecule has 5 heteroatoms. The number of nitrogens with two attached hydrogens (primary N) is 1. The van der Waals surface area contributed by atoms with E-state index in [1.165, 1.54) is 5.01 Å². The third-order valence-electron chi connectivity index (χ3n) is 1.72. The number of carboxylic acids is 1. The molecule has 0 amide bonds. The maximum atomic E-state index is 10.3. The molecule has 76 valence electrons. The lowest BCUT2D eigenvalue weighted by atomic mass is 10.3. The number of benzene rings is 1. The molecule has 0 saturated heterocycles. The van der Waals surface area contributed by atoms with E-state index >= 15 is 0 Å². The van der Waals surface area contributed by atoms with Crippen molar-refractivity contribution in [3.63, 3.8) is 0 Å². The molecule has 0 aliphatic carbocycles. The van der Waals surface area contributed by atoms with Gasteiger partial charge in [-0.3, -0.25) is 4.79 Å². The number of carboxylic acid groups (broad SMARTS) is 1. The second-order valence-electron chi connectivity index (χ2n) is 2.81. The van der Waals surface area contributed by atoms with Crippen molar-refractivity contribution in [1.82, 2.24) is 0 Å². The average Bonchev–Trinajstić information content (AvgIpc) is 2.15. The number of hydrazine groups is 1. The van der Waals surface area contributed by atoms with Crippen LogP contribution in [0, 0.1) is 0 Å². The van der Waals surface area contributed by atoms with Gasteiger partial charge in [0.1, 0.15) is 0 Å². The number of carbonyl (C=O) groups is 1. The van der Waals surface area contributed by atoms with Crippen LogP contribution in [-0.4, -0.2) is 17.6 Å². The molecule has 0 bridgehead atoms. The van der Waals surface area contributed by atoms with Gasteiger partial charge in [0, 0.05) is 11.6 Å². The number of aliphatic carboxylic acids is 1. The summed E-state index contributed by atoms with van der Waals surface area (Å²) in [6.07, 6.45) is 0.0130. The number of nitrogens with zero attached hydrogens (tertiary/aromatic N) is 1. The van der Waals surface area contributed by atoms with Crippen molar-refractivity contribution in [1.29, 1.82) is 0 Å². The van der Waals surface area contributed by atoms with Gasteiger partial charge in [0.2, 0.25) is 0 Å². The predicted octanol–water partition coefficient (Wildman–Crippen LogP) is 1.49. The van der Waals surface area contributed by atoms with E-state index in [0.29, 0.717) is 5.02 Å². The summed E-state index contributed by atoms with van der Waals surface area (Å²) in [5.74, 6) is 4.75. The smallest absolute Gasteiger partial charge is 0.305 e. The zero-order valence-corrected chi connectivity index (χ0v) is 8.24. The summed E-state index contributed by atoms with van der Waals surface area (Å²) in [4.78, 5) is 10.3. The maximum Gasteiger partial charge on any atom is 0.305 e. The Morgan fingerprint density at radius 2 is 2.00 bits per heavy atom. The van der Waals surface area contributed by atoms with Crippen molar-refractivity contribution in [2.45, 2.75) is 6.42 Å². The Morgan fingerprint density at radius 3 is 2.50 bits per heavy atom. The fraction of sp³-hybridized carbons (Fsp3) is 0.222. The molecule has 1 rings (SSSR count). The summed E-state index contributed by atoms with van der Waals surface area (Å²) in [5.41, 5.74) is 0.746. The van der Waals surface area contributed by atoms with Gasteiger partial charge in [-0.25, -0.2) is 5.84 Å². The molecule has 0 heterocycles. The molecule has 3 N–H and O–H groups in total. The first kappa shape index (κ1) is 10.8. The van der Waals surface area contributed by atoms with Gasteiger partial charge < -0.3 is 10.1 Å². The van der Waals surface area contributed by atoms with Crippen LogP contribution in [0.5, 0.6) is 0 Å². The van der Waals surface area contributed by atoms with Crippen LogP contribution in [0.15, 0.2) is 24.3 Å². The van der Waals surface area contributed by atoms with E-state index in [9.17, 15) is 4.79 Å². The van der Waals surface area contributed by atoms with Crippen molar-refractivity contribution in [2.75, 3.05) is 11.6 Å². The highest BCUT2D eigenvalue weighted by molar-refractivity contribution is 6.30. The fourth-order valence-corrected chi connectivity index (χ4v) is 1.10. The Labute approximate surface area is 86.9 Å². The molecule has 0 atom stereocenters. The molecule has 0 aliphatic rings. The van der Waals surface area contributed by atoms with Crippen molar-refractivity contribution in [2.24, 2.45) is 5.84 Å². The minimum atomic E-state index is -0.866. The third-order valence-corrected chi connectivity index (χ3v) is 1.98. The molecule has 0 unspecified atom stereocenters. The van der Waals surface area contributed by atoms with Crippen LogP contribution in [-0.2, 0) is 4.79 Å². The molecule has 1 aromatic rings. The first-order valence-corrected chi connectivity index (χ1v) is 4.47. The van der Waals surface area contributed by atoms with E-state index in [1.807, 2.05) is 0 Å². The minimum absolute atomic E-state index is 0.0130. The Morgan fingerprint density at radius 1 is 1.43 bits per heavy atom. The average molecular weight is 215 g/mol. The van der Waals surface area contributed by atoms with Crippen LogP contribution in [0.2, 0.25) is 5.02 Å². The van der Waals surface area contributed by atoms with Gasteiger partial charge in [0.15, 0.2) is 0 Å². The third kappa shape index (κ3) is 3.24. The molecule has 0 fully saturated rings. The first-order valence-electron chi connectivity index (χ1n) is 4.09. The van der Waals surface area contributed by atoms with Gasteiger partial charge >= 0.3 is 5.97 Å². The lowest BCUT2D eigenvalue weighted by Gasteiger charge is -2.17. The quantitative estimate of drug-likeness (QED) is 0.589. The normalized spacial score (nSPS) is 9.86. The van der Waals surface area contributed by atoms with Crippen molar-refractivity contribution in [3.05, 3.63) is 29.3 Å². The highest BCUT2D eigenvalue weighted by Crippen LogP contribution is 2.15. The van der Waals surface area contributed by atoms with Gasteiger partial charge in [-0.05, 0) is 24.3 Å². The molecular weight excluding hydrogens is 204 g/mol. The predicted molar refractivity (Wildman–Crippen MR) is 55.2 cm³/mol. The van der Waals surface area contributed by atoms with Gasteiger partial charge in [0.05, 0.1) is 12.1 Å². The Balaban J connectivity index is 2.56. The Hall–Kier alpha value is -1.26. The molecule has 0 saturated carbocycles. The number of hydrogen-bond acceptors (Lipinski definition) is 3. The lowest BCUT2D eigenvalue weighted by Crippen LogP contribution is -2.32. The molecule has 0 spiro atoms. The largest absolute Gasteiger partial charge is 0.481 e. The van der Waals surface area contributed by atoms with Crippen LogP contribution < -0.4 is 10.9 Å². The van der Waals surface area contributed by atoms with E-state index in [1.54, 1.807) is 24.3 Å². The SMILES string of the molecule is NN(CCC(=O)O)c1ccc(Cl)cc1. The second-order valence-corrected chi connectivity index (χ2v) is 3.25. The summed E-state index contributed by atoms with van der Waals surface area (Å²) in [5, 5.41) is 10.5. The molecule has 0 aromatic heterocycles. The highest BCUT2D eigenvalue weighted by Gasteiger charge is 2.03. The van der Waals surface area contributed by atoms with E-state index < -0.39 is 5.97 Å². The van der Waals surface area contributed by atoms with E-state index in [2.05, 4.69) is 0 Å². The second kappa shape index (κ2) is 4.83. The minimum Gasteiger partial charge on any atom is -0.481 e. The molecule has 4 nitrogen and oxygen atoms in total. The maximum absolute atomic E-state index is 10.3. The molecular formula is C9H11ClN2O2. The summed E-state index contributed by atoms with van der Waals surface area (Å²) in [6, 6.07) is 6.89. The van der Waals surface area contributed by atoms with Crippen LogP contribution in [0.4, 0.5) is 5.69 Å². The summed E-state index contributed by atoms with van der Waals surface area (Å²) < 4.78 is 0. The van der Waals surface area contributed by atoms with E-state index in [4.69, 9.17) is 22.6 Å². The van der Waals surface area contributed by atoms with Gasteiger partial charge in [-0.2, -0.15) is 0 Å². The summed E-state index contributed by atoms with van der Waals surface area (Å²) in [7, 11) is 0. The zero-order chi connectivity index (χ0) is 10.6. The van der Waals surface area contributed by atoms with E-state index in [-0.39, 0.29) is 13.0 Å². The summed E-state index contributed by atoms with van der Waals surface area (Å²) in [6.45, 7) is 0.275. The standard InChI is InChI=1S/C9H11ClN2O2/c10-7-1-3-8(4-2-7)12(11)6-5-9(13)14/h1-4H,5-6,11H2,(H,13,14). The lowest BCUT2D eigenvalue weighted by molar-refractivity contribution is -0.136. The van der Waals surface area contributed by atoms with Crippen LogP contribution >= 0.6 is 11.6 Å². The Kier molecular flexibility index (Phi) is 3.73. The summed E-state index contributed by atoms with van der Waals surface area (Å²) >= 11 is 5.69. The molecule has 1 aromatic carbocycles. The van der Waals surface area contributed by atoms with Crippen molar-refractivity contribution < 1.29 is 9.90 Å². The van der Waals surface area contributed by atoms with Crippen LogP contribution in [0.25, 0.3) is 0 Å². The number of halogens is 1. The van der Waals surface area contributed by atoms with Gasteiger partial charge in [0.25, 0.3) is 0 Å². The number of hydrogen-bond donors (Lipinski definition) is 2. The molecule has 0 radical (unpaired) electrons. The van der Waals surface area contributed by atoms with Gasteiger partial charge in [-0.15, -0.1) is 0 Å². The van der Waals surface area contributed by atoms with Crippen molar-refractivity contribution >= 4 is 23.3 Å². The number of anilines is 1. The highest BCUT2D eigenvalue weighted by atomic mass is 35.5. The van der Waals surface area contributed by atoms with E-state index in [0.717, 1.165) is 5.69 Å². The Bertz CT molecular complexity index is 313.